The van der Waals surface area contributed by atoms with Crippen LogP contribution in [0.15, 0.2) is 0 Å². The van der Waals surface area contributed by atoms with Gasteiger partial charge < -0.3 is 5.73 Å². The number of piperidine rings is 1. The molecule has 0 spiro atoms. The van der Waals surface area contributed by atoms with E-state index in [4.69, 9.17) is 5.73 Å². The molecule has 2 atom stereocenters. The van der Waals surface area contributed by atoms with Crippen molar-refractivity contribution in [1.29, 1.82) is 0 Å². The van der Waals surface area contributed by atoms with Crippen LogP contribution in [0.25, 0.3) is 0 Å². The molecule has 0 amide bonds. The van der Waals surface area contributed by atoms with Gasteiger partial charge in [0.15, 0.2) is 0 Å². The van der Waals surface area contributed by atoms with Gasteiger partial charge in [0.05, 0.1) is 0 Å². The quantitative estimate of drug-likeness (QED) is 0.638. The van der Waals surface area contributed by atoms with Crippen molar-refractivity contribution in [2.24, 2.45) is 11.7 Å². The molecule has 5 nitrogen and oxygen atoms in total. The van der Waals surface area contributed by atoms with Gasteiger partial charge in [-0.3, -0.25) is 0 Å². The minimum Gasteiger partial charge on any atom is -0.330 e. The van der Waals surface area contributed by atoms with Gasteiger partial charge in [-0.05, 0) is 38.1 Å². The molecule has 0 aromatic carbocycles. The Morgan fingerprint density at radius 3 is 2.73 bits per heavy atom. The Labute approximate surface area is 91.2 Å². The van der Waals surface area contributed by atoms with Crippen molar-refractivity contribution in [3.63, 3.8) is 0 Å². The Bertz CT molecular complexity index is 317. The lowest BCUT2D eigenvalue weighted by molar-refractivity contribution is 0.328. The van der Waals surface area contributed by atoms with Gasteiger partial charge in [0.2, 0.25) is 0 Å². The molecule has 1 aliphatic carbocycles. The largest absolute Gasteiger partial charge is 0.330 e. The third-order valence-electron chi connectivity index (χ3n) is 3.33. The number of hydrogen-bond acceptors (Lipinski definition) is 3. The van der Waals surface area contributed by atoms with Crippen molar-refractivity contribution in [2.45, 2.75) is 31.7 Å². The van der Waals surface area contributed by atoms with E-state index >= 15 is 0 Å². The summed E-state index contributed by atoms with van der Waals surface area (Å²) in [4.78, 5) is 0. The monoisotopic (exact) mass is 233 g/mol. The fourth-order valence-electron chi connectivity index (χ4n) is 2.56. The predicted molar refractivity (Wildman–Crippen MR) is 58.4 cm³/mol. The van der Waals surface area contributed by atoms with E-state index in [2.05, 4.69) is 4.72 Å². The maximum absolute atomic E-state index is 11.9. The highest BCUT2D eigenvalue weighted by atomic mass is 32.2. The summed E-state index contributed by atoms with van der Waals surface area (Å²) in [6.45, 7) is 1.68. The van der Waals surface area contributed by atoms with Gasteiger partial charge in [0, 0.05) is 19.1 Å². The molecule has 3 N–H and O–H groups in total. The summed E-state index contributed by atoms with van der Waals surface area (Å²) in [6.07, 6.45) is 3.97. The molecule has 1 aliphatic heterocycles. The first-order valence-electron chi connectivity index (χ1n) is 5.60. The topological polar surface area (TPSA) is 75.4 Å². The highest BCUT2D eigenvalue weighted by Gasteiger charge is 2.43. The van der Waals surface area contributed by atoms with Gasteiger partial charge in [-0.1, -0.05) is 0 Å². The second kappa shape index (κ2) is 4.37. The van der Waals surface area contributed by atoms with Crippen molar-refractivity contribution in [2.75, 3.05) is 19.6 Å². The van der Waals surface area contributed by atoms with Crippen molar-refractivity contribution >= 4 is 10.2 Å². The van der Waals surface area contributed by atoms with Gasteiger partial charge in [0.1, 0.15) is 0 Å². The number of fused-ring (bicyclic) bond motifs is 2. The number of hydrogen-bond donors (Lipinski definition) is 2. The third-order valence-corrected chi connectivity index (χ3v) is 4.97. The summed E-state index contributed by atoms with van der Waals surface area (Å²) in [5.41, 5.74) is 5.32. The molecule has 2 bridgehead atoms. The van der Waals surface area contributed by atoms with Crippen LogP contribution in [0.3, 0.4) is 0 Å². The van der Waals surface area contributed by atoms with Gasteiger partial charge in [-0.2, -0.15) is 12.7 Å². The van der Waals surface area contributed by atoms with Crippen LogP contribution in [-0.4, -0.2) is 38.4 Å². The molecular formula is C9H19N3O2S. The highest BCUT2D eigenvalue weighted by Crippen LogP contribution is 2.38. The molecule has 2 rings (SSSR count). The SMILES string of the molecule is NCCCNS(=O)(=O)N1CC2CCC1C2. The molecule has 0 radical (unpaired) electrons. The standard InChI is InChI=1S/C9H19N3O2S/c10-4-1-5-11-15(13,14)12-7-8-2-3-9(12)6-8/h8-9,11H,1-7,10H2. The van der Waals surface area contributed by atoms with Crippen LogP contribution in [0.4, 0.5) is 0 Å². The van der Waals surface area contributed by atoms with Crippen LogP contribution < -0.4 is 10.5 Å². The van der Waals surface area contributed by atoms with Crippen molar-refractivity contribution in [3.8, 4) is 0 Å². The van der Waals surface area contributed by atoms with Crippen molar-refractivity contribution < 1.29 is 8.42 Å². The van der Waals surface area contributed by atoms with Crippen LogP contribution >= 0.6 is 0 Å². The fourth-order valence-corrected chi connectivity index (χ4v) is 4.12. The predicted octanol–water partition coefficient (Wildman–Crippen LogP) is -0.346. The second-order valence-corrected chi connectivity index (χ2v) is 6.15. The maximum Gasteiger partial charge on any atom is 0.279 e. The van der Waals surface area contributed by atoms with Crippen LogP contribution in [0, 0.1) is 5.92 Å². The Balaban J connectivity index is 1.92. The summed E-state index contributed by atoms with van der Waals surface area (Å²) >= 11 is 0. The molecule has 88 valence electrons. The first-order valence-corrected chi connectivity index (χ1v) is 7.04. The molecule has 2 fully saturated rings. The highest BCUT2D eigenvalue weighted by molar-refractivity contribution is 7.87. The Morgan fingerprint density at radius 1 is 1.40 bits per heavy atom. The summed E-state index contributed by atoms with van der Waals surface area (Å²) < 4.78 is 28.0. The minimum absolute atomic E-state index is 0.255. The zero-order chi connectivity index (χ0) is 10.9. The first-order chi connectivity index (χ1) is 7.13. The average Bonchev–Trinajstić information content (AvgIpc) is 2.79. The minimum atomic E-state index is -3.24. The average molecular weight is 233 g/mol. The van der Waals surface area contributed by atoms with Gasteiger partial charge in [-0.15, -0.1) is 0 Å². The van der Waals surface area contributed by atoms with Crippen LogP contribution in [0.2, 0.25) is 0 Å². The van der Waals surface area contributed by atoms with Gasteiger partial charge >= 0.3 is 0 Å². The van der Waals surface area contributed by atoms with Gasteiger partial charge in [0.25, 0.3) is 10.2 Å². The molecular weight excluding hydrogens is 214 g/mol. The van der Waals surface area contributed by atoms with E-state index in [0.717, 1.165) is 12.8 Å². The van der Waals surface area contributed by atoms with E-state index in [1.165, 1.54) is 6.42 Å². The van der Waals surface area contributed by atoms with Crippen molar-refractivity contribution in [1.82, 2.24) is 9.03 Å². The lowest BCUT2D eigenvalue weighted by Gasteiger charge is -2.26. The molecule has 2 unspecified atom stereocenters. The molecule has 1 saturated heterocycles. The number of rotatable bonds is 5. The summed E-state index contributed by atoms with van der Waals surface area (Å²) in [5, 5.41) is 0. The summed E-state index contributed by atoms with van der Waals surface area (Å²) in [6, 6.07) is 0.255. The molecule has 0 aromatic heterocycles. The molecule has 1 heterocycles. The smallest absolute Gasteiger partial charge is 0.279 e. The molecule has 6 heteroatoms. The summed E-state index contributed by atoms with van der Waals surface area (Å²) in [5.74, 6) is 0.598. The first kappa shape index (κ1) is 11.3. The lowest BCUT2D eigenvalue weighted by Crippen LogP contribution is -2.45. The molecule has 15 heavy (non-hydrogen) atoms. The van der Waals surface area contributed by atoms with Crippen LogP contribution in [0.5, 0.6) is 0 Å². The Hall–Kier alpha value is -0.170. The fraction of sp³-hybridized carbons (Fsp3) is 1.00. The van der Waals surface area contributed by atoms with E-state index in [-0.39, 0.29) is 6.04 Å². The van der Waals surface area contributed by atoms with E-state index in [9.17, 15) is 8.42 Å². The number of nitrogens with one attached hydrogen (secondary N) is 1. The zero-order valence-corrected chi connectivity index (χ0v) is 9.67. The van der Waals surface area contributed by atoms with Gasteiger partial charge in [-0.25, -0.2) is 4.72 Å². The maximum atomic E-state index is 11.9. The molecule has 0 aromatic rings. The second-order valence-electron chi connectivity index (χ2n) is 4.44. The molecule has 2 aliphatic rings. The summed E-state index contributed by atoms with van der Waals surface area (Å²) in [7, 11) is -3.24. The number of nitrogens with zero attached hydrogens (tertiary/aromatic N) is 1. The van der Waals surface area contributed by atoms with E-state index in [1.807, 2.05) is 0 Å². The van der Waals surface area contributed by atoms with Crippen molar-refractivity contribution in [3.05, 3.63) is 0 Å². The number of nitrogens with two attached hydrogens (primary N) is 1. The Kier molecular flexibility index (Phi) is 3.30. The van der Waals surface area contributed by atoms with E-state index in [0.29, 0.717) is 32.0 Å². The normalized spacial score (nSPS) is 31.3. The van der Waals surface area contributed by atoms with E-state index in [1.54, 1.807) is 4.31 Å². The lowest BCUT2D eigenvalue weighted by atomic mass is 10.1. The van der Waals surface area contributed by atoms with Crippen LogP contribution in [0.1, 0.15) is 25.7 Å². The zero-order valence-electron chi connectivity index (χ0n) is 8.85. The van der Waals surface area contributed by atoms with E-state index < -0.39 is 10.2 Å². The Morgan fingerprint density at radius 2 is 2.20 bits per heavy atom. The van der Waals surface area contributed by atoms with Crippen LogP contribution in [-0.2, 0) is 10.2 Å². The third kappa shape index (κ3) is 2.33. The molecule has 1 saturated carbocycles.